The molecular formula is C34H48FN7O4. The van der Waals surface area contributed by atoms with Crippen molar-refractivity contribution >= 4 is 29.3 Å². The molecule has 46 heavy (non-hydrogen) atoms. The SMILES string of the molecule is CCn1nccc1C(=O)C[C@H](C(=O)Nc1ccc([C@H](C)[C@@H](NC(=O)NC2CC2)C(=O)N2CCN(C)CC2)cc1F)C1CCCCC1. The molecule has 0 unspecified atom stereocenters. The molecule has 2 aromatic rings. The number of likely N-dealkylation sites (N-methyl/N-ethyl adjacent to an activating group) is 1. The standard InChI is InChI=1S/C34H48FN7O4/c1-4-42-29(14-15-36-42)30(43)21-26(23-8-6-5-7-9-23)32(44)38-28-13-10-24(20-27(28)35)22(2)31(39-34(46)37-25-11-12-25)33(45)41-18-16-40(3)17-19-41/h10,13-15,20,22-23,25-26,31H,4-9,11-12,16-19,21H2,1-3H3,(H,38,44)(H2,37,39,46)/t22-,26-,31+/m0/s1. The first-order valence-corrected chi connectivity index (χ1v) is 16.8. The summed E-state index contributed by atoms with van der Waals surface area (Å²) in [6.07, 6.45) is 8.24. The van der Waals surface area contributed by atoms with E-state index in [4.69, 9.17) is 0 Å². The highest BCUT2D eigenvalue weighted by molar-refractivity contribution is 6.00. The average Bonchev–Trinajstić information content (AvgIpc) is 3.74. The van der Waals surface area contributed by atoms with Crippen molar-refractivity contribution in [3.8, 4) is 0 Å². The molecule has 0 radical (unpaired) electrons. The molecule has 3 atom stereocenters. The first-order valence-electron chi connectivity index (χ1n) is 16.8. The number of piperazine rings is 1. The number of anilines is 1. The van der Waals surface area contributed by atoms with Crippen LogP contribution in [0, 0.1) is 17.7 Å². The fourth-order valence-corrected chi connectivity index (χ4v) is 6.69. The lowest BCUT2D eigenvalue weighted by molar-refractivity contribution is -0.135. The Labute approximate surface area is 270 Å². The second kappa shape index (κ2) is 15.2. The fourth-order valence-electron chi connectivity index (χ4n) is 6.69. The summed E-state index contributed by atoms with van der Waals surface area (Å²) in [6, 6.07) is 5.02. The Kier molecular flexibility index (Phi) is 11.1. The van der Waals surface area contributed by atoms with Gasteiger partial charge in [-0.1, -0.05) is 32.3 Å². The van der Waals surface area contributed by atoms with Crippen molar-refractivity contribution in [1.82, 2.24) is 30.2 Å². The highest BCUT2D eigenvalue weighted by Gasteiger charge is 2.36. The van der Waals surface area contributed by atoms with Crippen LogP contribution in [0.4, 0.5) is 14.9 Å². The van der Waals surface area contributed by atoms with E-state index in [1.54, 1.807) is 34.8 Å². The van der Waals surface area contributed by atoms with Crippen molar-refractivity contribution in [1.29, 1.82) is 0 Å². The minimum atomic E-state index is -0.889. The van der Waals surface area contributed by atoms with Crippen LogP contribution in [-0.4, -0.2) is 88.5 Å². The largest absolute Gasteiger partial charge is 0.338 e. The van der Waals surface area contributed by atoms with Crippen molar-refractivity contribution in [2.75, 3.05) is 38.5 Å². The molecule has 3 N–H and O–H groups in total. The minimum absolute atomic E-state index is 0.0224. The fraction of sp³-hybridized carbons (Fsp3) is 0.618. The number of Topliss-reactive ketones (excluding diaryl/α,β-unsaturated/α-hetero) is 1. The second-order valence-electron chi connectivity index (χ2n) is 13.2. The third-order valence-electron chi connectivity index (χ3n) is 9.82. The maximum absolute atomic E-state index is 15.7. The third-order valence-corrected chi connectivity index (χ3v) is 9.82. The number of aromatic nitrogens is 2. The lowest BCUT2D eigenvalue weighted by Crippen LogP contribution is -2.57. The van der Waals surface area contributed by atoms with Gasteiger partial charge in [0.25, 0.3) is 0 Å². The molecule has 2 heterocycles. The predicted molar refractivity (Wildman–Crippen MR) is 173 cm³/mol. The molecule has 11 nitrogen and oxygen atoms in total. The van der Waals surface area contributed by atoms with Gasteiger partial charge in [-0.2, -0.15) is 5.10 Å². The number of halogens is 1. The van der Waals surface area contributed by atoms with Crippen LogP contribution in [-0.2, 0) is 16.1 Å². The van der Waals surface area contributed by atoms with Gasteiger partial charge in [-0.15, -0.1) is 0 Å². The number of carbonyl (C=O) groups is 4. The van der Waals surface area contributed by atoms with Crippen molar-refractivity contribution in [3.63, 3.8) is 0 Å². The zero-order valence-electron chi connectivity index (χ0n) is 27.3. The van der Waals surface area contributed by atoms with Crippen LogP contribution in [0.5, 0.6) is 0 Å². The van der Waals surface area contributed by atoms with E-state index in [1.807, 2.05) is 14.0 Å². The zero-order valence-corrected chi connectivity index (χ0v) is 27.3. The number of urea groups is 1. The van der Waals surface area contributed by atoms with Gasteiger partial charge in [0.15, 0.2) is 5.78 Å². The number of hydrogen-bond acceptors (Lipinski definition) is 6. The molecular weight excluding hydrogens is 589 g/mol. The van der Waals surface area contributed by atoms with E-state index in [-0.39, 0.29) is 41.7 Å². The molecule has 1 aromatic heterocycles. The molecule has 1 aromatic carbocycles. The number of nitrogens with one attached hydrogen (secondary N) is 3. The third kappa shape index (κ3) is 8.31. The van der Waals surface area contributed by atoms with E-state index >= 15 is 4.39 Å². The van der Waals surface area contributed by atoms with Crippen molar-refractivity contribution in [3.05, 3.63) is 47.5 Å². The summed E-state index contributed by atoms with van der Waals surface area (Å²) in [4.78, 5) is 57.3. The smallest absolute Gasteiger partial charge is 0.315 e. The summed E-state index contributed by atoms with van der Waals surface area (Å²) in [6.45, 7) is 6.83. The lowest BCUT2D eigenvalue weighted by atomic mass is 9.77. The second-order valence-corrected chi connectivity index (χ2v) is 13.2. The van der Waals surface area contributed by atoms with Gasteiger partial charge >= 0.3 is 6.03 Å². The molecule has 1 aliphatic heterocycles. The van der Waals surface area contributed by atoms with E-state index in [2.05, 4.69) is 25.9 Å². The first kappa shape index (κ1) is 33.6. The lowest BCUT2D eigenvalue weighted by Gasteiger charge is -2.36. The van der Waals surface area contributed by atoms with Gasteiger partial charge in [-0.05, 0) is 69.3 Å². The minimum Gasteiger partial charge on any atom is -0.338 e. The Hall–Kier alpha value is -3.80. The first-order chi connectivity index (χ1) is 22.1. The Morgan fingerprint density at radius 2 is 1.72 bits per heavy atom. The van der Waals surface area contributed by atoms with E-state index in [9.17, 15) is 19.2 Å². The summed E-state index contributed by atoms with van der Waals surface area (Å²) in [5.41, 5.74) is 1.02. The normalized spacial score (nSPS) is 19.6. The van der Waals surface area contributed by atoms with Crippen molar-refractivity contribution in [2.24, 2.45) is 11.8 Å². The van der Waals surface area contributed by atoms with Gasteiger partial charge < -0.3 is 25.8 Å². The van der Waals surface area contributed by atoms with Crippen LogP contribution < -0.4 is 16.0 Å². The maximum Gasteiger partial charge on any atom is 0.315 e. The van der Waals surface area contributed by atoms with E-state index < -0.39 is 29.7 Å². The Balaban J connectivity index is 1.31. The van der Waals surface area contributed by atoms with Gasteiger partial charge in [-0.25, -0.2) is 9.18 Å². The number of benzene rings is 1. The van der Waals surface area contributed by atoms with Gasteiger partial charge in [0, 0.05) is 63.2 Å². The highest BCUT2D eigenvalue weighted by atomic mass is 19.1. The molecule has 3 fully saturated rings. The average molecular weight is 638 g/mol. The van der Waals surface area contributed by atoms with Crippen LogP contribution in [0.1, 0.15) is 87.2 Å². The summed E-state index contributed by atoms with van der Waals surface area (Å²) in [5, 5.41) is 12.7. The van der Waals surface area contributed by atoms with Crippen molar-refractivity contribution < 1.29 is 23.6 Å². The highest BCUT2D eigenvalue weighted by Crippen LogP contribution is 2.34. The predicted octanol–water partition coefficient (Wildman–Crippen LogP) is 4.16. The number of nitrogens with zero attached hydrogens (tertiary/aromatic N) is 4. The van der Waals surface area contributed by atoms with Crippen LogP contribution >= 0.6 is 0 Å². The van der Waals surface area contributed by atoms with Gasteiger partial charge in [0.1, 0.15) is 17.6 Å². The molecule has 1 saturated heterocycles. The summed E-state index contributed by atoms with van der Waals surface area (Å²) in [7, 11) is 2.00. The van der Waals surface area contributed by atoms with Gasteiger partial charge in [0.2, 0.25) is 11.8 Å². The Bertz CT molecular complexity index is 1400. The Morgan fingerprint density at radius 3 is 2.37 bits per heavy atom. The van der Waals surface area contributed by atoms with E-state index in [0.717, 1.165) is 58.0 Å². The topological polar surface area (TPSA) is 129 Å². The number of rotatable bonds is 12. The maximum atomic E-state index is 15.7. The molecule has 12 heteroatoms. The molecule has 0 spiro atoms. The molecule has 2 saturated carbocycles. The number of amides is 4. The van der Waals surface area contributed by atoms with Crippen LogP contribution in [0.25, 0.3) is 0 Å². The zero-order chi connectivity index (χ0) is 32.8. The molecule has 250 valence electrons. The molecule has 4 amide bonds. The Morgan fingerprint density at radius 1 is 1.00 bits per heavy atom. The number of carbonyl (C=O) groups excluding carboxylic acids is 4. The molecule has 2 aliphatic carbocycles. The van der Waals surface area contributed by atoms with Gasteiger partial charge in [0.05, 0.1) is 5.69 Å². The van der Waals surface area contributed by atoms with E-state index in [1.165, 1.54) is 12.1 Å². The van der Waals surface area contributed by atoms with E-state index in [0.29, 0.717) is 30.9 Å². The molecule has 3 aliphatic rings. The monoisotopic (exact) mass is 637 g/mol. The number of hydrogen-bond donors (Lipinski definition) is 3. The number of aryl methyl sites for hydroxylation is 1. The quantitative estimate of drug-likeness (QED) is 0.300. The molecule has 5 rings (SSSR count). The summed E-state index contributed by atoms with van der Waals surface area (Å²) < 4.78 is 17.3. The van der Waals surface area contributed by atoms with Gasteiger partial charge in [-0.3, -0.25) is 19.1 Å². The van der Waals surface area contributed by atoms with Crippen LogP contribution in [0.2, 0.25) is 0 Å². The van der Waals surface area contributed by atoms with Crippen LogP contribution in [0.3, 0.4) is 0 Å². The molecule has 0 bridgehead atoms. The van der Waals surface area contributed by atoms with Crippen molar-refractivity contribution in [2.45, 2.75) is 89.8 Å². The summed E-state index contributed by atoms with van der Waals surface area (Å²) >= 11 is 0. The van der Waals surface area contributed by atoms with Crippen LogP contribution in [0.15, 0.2) is 30.5 Å². The number of ketones is 1. The summed E-state index contributed by atoms with van der Waals surface area (Å²) in [5.74, 6) is -2.45.